The minimum absolute atomic E-state index is 0.0535. The number of piperidine rings is 1. The van der Waals surface area contributed by atoms with Crippen molar-refractivity contribution in [3.05, 3.63) is 54.1 Å². The summed E-state index contributed by atoms with van der Waals surface area (Å²) in [5.41, 5.74) is 2.39. The molecule has 0 saturated carbocycles. The average Bonchev–Trinajstić information content (AvgIpc) is 2.67. The van der Waals surface area contributed by atoms with E-state index >= 15 is 0 Å². The monoisotopic (exact) mass is 324 g/mol. The molecule has 5 nitrogen and oxygen atoms in total. The smallest absolute Gasteiger partial charge is 0.272 e. The maximum absolute atomic E-state index is 12.7. The molecule has 1 N–H and O–H groups in total. The number of carbonyl (C=O) groups is 1. The summed E-state index contributed by atoms with van der Waals surface area (Å²) in [4.78, 5) is 23.3. The van der Waals surface area contributed by atoms with E-state index in [9.17, 15) is 4.79 Å². The predicted octanol–water partition coefficient (Wildman–Crippen LogP) is 3.49. The first-order valence-electron chi connectivity index (χ1n) is 8.68. The molecule has 1 amide bonds. The summed E-state index contributed by atoms with van der Waals surface area (Å²) in [5, 5.41) is 3.28. The molecule has 126 valence electrons. The highest BCUT2D eigenvalue weighted by molar-refractivity contribution is 5.92. The van der Waals surface area contributed by atoms with E-state index in [1.54, 1.807) is 12.4 Å². The molecule has 24 heavy (non-hydrogen) atoms. The van der Waals surface area contributed by atoms with Gasteiger partial charge in [0.05, 0.1) is 24.1 Å². The second-order valence-corrected chi connectivity index (χ2v) is 6.16. The van der Waals surface area contributed by atoms with Crippen molar-refractivity contribution in [1.29, 1.82) is 0 Å². The van der Waals surface area contributed by atoms with E-state index in [1.807, 2.05) is 35.2 Å². The van der Waals surface area contributed by atoms with E-state index in [2.05, 4.69) is 22.2 Å². The topological polar surface area (TPSA) is 58.1 Å². The number of likely N-dealkylation sites (tertiary alicyclic amines) is 1. The average molecular weight is 324 g/mol. The van der Waals surface area contributed by atoms with E-state index in [0.29, 0.717) is 18.3 Å². The Labute approximate surface area is 143 Å². The van der Waals surface area contributed by atoms with Crippen LogP contribution in [0.4, 0.5) is 5.69 Å². The molecule has 5 heteroatoms. The van der Waals surface area contributed by atoms with E-state index < -0.39 is 0 Å². The molecule has 2 aromatic rings. The van der Waals surface area contributed by atoms with Crippen LogP contribution in [0.25, 0.3) is 0 Å². The lowest BCUT2D eigenvalue weighted by Crippen LogP contribution is -2.43. The Morgan fingerprint density at radius 2 is 2.17 bits per heavy atom. The number of aromatic nitrogens is 2. The number of hydrogen-bond donors (Lipinski definition) is 1. The van der Waals surface area contributed by atoms with Crippen LogP contribution in [0.1, 0.15) is 48.8 Å². The number of nitrogens with zero attached hydrogens (tertiary/aromatic N) is 3. The number of carbonyl (C=O) groups excluding carboxylic acids is 1. The molecule has 1 aliphatic heterocycles. The molecule has 1 saturated heterocycles. The van der Waals surface area contributed by atoms with Gasteiger partial charge in [0, 0.05) is 18.8 Å². The van der Waals surface area contributed by atoms with E-state index in [0.717, 1.165) is 37.2 Å². The zero-order valence-corrected chi connectivity index (χ0v) is 14.1. The van der Waals surface area contributed by atoms with Crippen LogP contribution in [0.3, 0.4) is 0 Å². The van der Waals surface area contributed by atoms with Crippen molar-refractivity contribution in [2.24, 2.45) is 0 Å². The lowest BCUT2D eigenvalue weighted by Gasteiger charge is -2.35. The first-order chi connectivity index (χ1) is 11.8. The quantitative estimate of drug-likeness (QED) is 0.914. The molecule has 3 heterocycles. The van der Waals surface area contributed by atoms with Crippen molar-refractivity contribution in [3.63, 3.8) is 0 Å². The zero-order chi connectivity index (χ0) is 16.8. The molecular formula is C19H24N4O. The fourth-order valence-electron chi connectivity index (χ4n) is 3.16. The summed E-state index contributed by atoms with van der Waals surface area (Å²) in [6, 6.07) is 9.91. The molecule has 1 atom stereocenters. The van der Waals surface area contributed by atoms with Gasteiger partial charge >= 0.3 is 0 Å². The molecule has 0 bridgehead atoms. The van der Waals surface area contributed by atoms with Gasteiger partial charge in [0.1, 0.15) is 5.69 Å². The summed E-state index contributed by atoms with van der Waals surface area (Å²) in [6.45, 7) is 3.63. The molecule has 0 radical (unpaired) electrons. The SMILES string of the molecule is CCC1CCCCN1C(=O)c1ccc(NCc2ccccn2)cn1. The minimum atomic E-state index is 0.0535. The number of amides is 1. The van der Waals surface area contributed by atoms with Crippen LogP contribution in [0.5, 0.6) is 0 Å². The van der Waals surface area contributed by atoms with Crippen LogP contribution in [0.2, 0.25) is 0 Å². The van der Waals surface area contributed by atoms with Gasteiger partial charge in [0.15, 0.2) is 0 Å². The maximum atomic E-state index is 12.7. The molecule has 2 aromatic heterocycles. The molecular weight excluding hydrogens is 300 g/mol. The van der Waals surface area contributed by atoms with Gasteiger partial charge in [0.2, 0.25) is 0 Å². The Hall–Kier alpha value is -2.43. The standard InChI is InChI=1S/C19H24N4O/c1-2-17-8-4-6-12-23(17)19(24)18-10-9-16(14-22-18)21-13-15-7-3-5-11-20-15/h3,5,7,9-11,14,17,21H,2,4,6,8,12-13H2,1H3. The lowest BCUT2D eigenvalue weighted by atomic mass is 9.99. The molecule has 0 aliphatic carbocycles. The van der Waals surface area contributed by atoms with Gasteiger partial charge in [-0.2, -0.15) is 0 Å². The summed E-state index contributed by atoms with van der Waals surface area (Å²) in [6.07, 6.45) is 7.92. The van der Waals surface area contributed by atoms with E-state index in [1.165, 1.54) is 6.42 Å². The Kier molecular flexibility index (Phi) is 5.41. The molecule has 1 aliphatic rings. The third-order valence-electron chi connectivity index (χ3n) is 4.54. The number of anilines is 1. The Bertz CT molecular complexity index is 657. The van der Waals surface area contributed by atoms with Crippen molar-refractivity contribution in [1.82, 2.24) is 14.9 Å². The predicted molar refractivity (Wildman–Crippen MR) is 94.8 cm³/mol. The number of hydrogen-bond acceptors (Lipinski definition) is 4. The van der Waals surface area contributed by atoms with Gasteiger partial charge in [-0.25, -0.2) is 4.98 Å². The van der Waals surface area contributed by atoms with E-state index in [4.69, 9.17) is 0 Å². The Morgan fingerprint density at radius 1 is 1.25 bits per heavy atom. The van der Waals surface area contributed by atoms with Crippen LogP contribution >= 0.6 is 0 Å². The highest BCUT2D eigenvalue weighted by Gasteiger charge is 2.26. The first kappa shape index (κ1) is 16.4. The Morgan fingerprint density at radius 3 is 2.88 bits per heavy atom. The largest absolute Gasteiger partial charge is 0.378 e. The minimum Gasteiger partial charge on any atom is -0.378 e. The van der Waals surface area contributed by atoms with Gasteiger partial charge in [-0.1, -0.05) is 13.0 Å². The fraction of sp³-hybridized carbons (Fsp3) is 0.421. The van der Waals surface area contributed by atoms with Crippen LogP contribution in [0.15, 0.2) is 42.7 Å². The van der Waals surface area contributed by atoms with Crippen LogP contribution in [0, 0.1) is 0 Å². The molecule has 1 fully saturated rings. The fourth-order valence-corrected chi connectivity index (χ4v) is 3.16. The molecule has 0 spiro atoms. The van der Waals surface area contributed by atoms with E-state index in [-0.39, 0.29) is 5.91 Å². The van der Waals surface area contributed by atoms with Gasteiger partial charge in [-0.15, -0.1) is 0 Å². The summed E-state index contributed by atoms with van der Waals surface area (Å²) in [7, 11) is 0. The number of nitrogens with one attached hydrogen (secondary N) is 1. The molecule has 1 unspecified atom stereocenters. The van der Waals surface area contributed by atoms with Gasteiger partial charge in [0.25, 0.3) is 5.91 Å². The lowest BCUT2D eigenvalue weighted by molar-refractivity contribution is 0.0602. The van der Waals surface area contributed by atoms with Gasteiger partial charge in [-0.05, 0) is 49.9 Å². The van der Waals surface area contributed by atoms with Crippen LogP contribution in [-0.4, -0.2) is 33.4 Å². The zero-order valence-electron chi connectivity index (χ0n) is 14.1. The third-order valence-corrected chi connectivity index (χ3v) is 4.54. The maximum Gasteiger partial charge on any atom is 0.272 e. The summed E-state index contributed by atoms with van der Waals surface area (Å²) < 4.78 is 0. The Balaban J connectivity index is 1.62. The molecule has 3 rings (SSSR count). The van der Waals surface area contributed by atoms with Crippen molar-refractivity contribution in [2.45, 2.75) is 45.2 Å². The highest BCUT2D eigenvalue weighted by atomic mass is 16.2. The highest BCUT2D eigenvalue weighted by Crippen LogP contribution is 2.21. The molecule has 0 aromatic carbocycles. The van der Waals surface area contributed by atoms with Gasteiger partial charge < -0.3 is 10.2 Å². The first-order valence-corrected chi connectivity index (χ1v) is 8.68. The number of pyridine rings is 2. The summed E-state index contributed by atoms with van der Waals surface area (Å²) in [5.74, 6) is 0.0535. The van der Waals surface area contributed by atoms with Crippen LogP contribution < -0.4 is 5.32 Å². The van der Waals surface area contributed by atoms with Crippen molar-refractivity contribution >= 4 is 11.6 Å². The van der Waals surface area contributed by atoms with Crippen LogP contribution in [-0.2, 0) is 6.54 Å². The third kappa shape index (κ3) is 3.91. The normalized spacial score (nSPS) is 17.5. The van der Waals surface area contributed by atoms with Crippen molar-refractivity contribution in [2.75, 3.05) is 11.9 Å². The van der Waals surface area contributed by atoms with Crippen molar-refractivity contribution < 1.29 is 4.79 Å². The second kappa shape index (κ2) is 7.90. The number of rotatable bonds is 5. The second-order valence-electron chi connectivity index (χ2n) is 6.16. The van der Waals surface area contributed by atoms with Gasteiger partial charge in [-0.3, -0.25) is 9.78 Å². The summed E-state index contributed by atoms with van der Waals surface area (Å²) >= 11 is 0. The van der Waals surface area contributed by atoms with Crippen molar-refractivity contribution in [3.8, 4) is 0 Å².